The molecule has 0 bridgehead atoms. The fourth-order valence-electron chi connectivity index (χ4n) is 2.16. The number of benzene rings is 1. The molecule has 0 amide bonds. The minimum atomic E-state index is -0.883. The molecule has 0 spiro atoms. The van der Waals surface area contributed by atoms with E-state index in [4.69, 9.17) is 4.74 Å². The molecular weight excluding hydrogens is 218 g/mol. The highest BCUT2D eigenvalue weighted by Crippen LogP contribution is 2.27. The summed E-state index contributed by atoms with van der Waals surface area (Å²) in [5.74, 6) is -0.883. The maximum atomic E-state index is 11.2. The van der Waals surface area contributed by atoms with Gasteiger partial charge >= 0.3 is 5.97 Å². The highest BCUT2D eigenvalue weighted by atomic mass is 16.5. The number of hydrogen-bond acceptors (Lipinski definition) is 3. The van der Waals surface area contributed by atoms with E-state index in [1.165, 1.54) is 0 Å². The van der Waals surface area contributed by atoms with Crippen molar-refractivity contribution in [3.8, 4) is 0 Å². The van der Waals surface area contributed by atoms with E-state index in [1.54, 1.807) is 12.1 Å². The molecule has 17 heavy (non-hydrogen) atoms. The molecule has 4 heteroatoms. The second-order valence-corrected chi connectivity index (χ2v) is 4.51. The van der Waals surface area contributed by atoms with Crippen LogP contribution in [0.5, 0.6) is 0 Å². The smallest absolute Gasteiger partial charge is 0.337 e. The summed E-state index contributed by atoms with van der Waals surface area (Å²) in [5, 5.41) is 9.21. The van der Waals surface area contributed by atoms with Crippen LogP contribution in [0, 0.1) is 0 Å². The molecule has 1 aromatic carbocycles. The zero-order valence-electron chi connectivity index (χ0n) is 10.1. The summed E-state index contributed by atoms with van der Waals surface area (Å²) in [6, 6.07) is 7.67. The van der Waals surface area contributed by atoms with Crippen molar-refractivity contribution in [3.05, 3.63) is 29.8 Å². The Labute approximate surface area is 101 Å². The standard InChI is InChI=1S/C13H17NO3/c1-9(2)14(10-7-17-8-10)12-6-4-3-5-11(12)13(15)16/h3-6,9-10H,7-8H2,1-2H3,(H,15,16). The monoisotopic (exact) mass is 235 g/mol. The fraction of sp³-hybridized carbons (Fsp3) is 0.462. The Morgan fingerprint density at radius 3 is 2.53 bits per heavy atom. The molecule has 0 unspecified atom stereocenters. The number of aromatic carboxylic acids is 1. The second kappa shape index (κ2) is 4.75. The van der Waals surface area contributed by atoms with Crippen molar-refractivity contribution >= 4 is 11.7 Å². The van der Waals surface area contributed by atoms with Gasteiger partial charge in [-0.05, 0) is 26.0 Å². The lowest BCUT2D eigenvalue weighted by Crippen LogP contribution is -2.52. The van der Waals surface area contributed by atoms with E-state index in [0.717, 1.165) is 5.69 Å². The number of carboxylic acid groups (broad SMARTS) is 1. The predicted octanol–water partition coefficient (Wildman–Crippen LogP) is 2.00. The summed E-state index contributed by atoms with van der Waals surface area (Å²) >= 11 is 0. The van der Waals surface area contributed by atoms with Crippen LogP contribution in [0.25, 0.3) is 0 Å². The number of carbonyl (C=O) groups is 1. The van der Waals surface area contributed by atoms with Gasteiger partial charge in [0.2, 0.25) is 0 Å². The number of para-hydroxylation sites is 1. The number of rotatable bonds is 4. The van der Waals surface area contributed by atoms with E-state index >= 15 is 0 Å². The molecule has 92 valence electrons. The Hall–Kier alpha value is -1.55. The van der Waals surface area contributed by atoms with Gasteiger partial charge in [-0.15, -0.1) is 0 Å². The Kier molecular flexibility index (Phi) is 3.33. The predicted molar refractivity (Wildman–Crippen MR) is 65.6 cm³/mol. The molecule has 1 aromatic rings. The summed E-state index contributed by atoms with van der Waals surface area (Å²) in [7, 11) is 0. The van der Waals surface area contributed by atoms with Gasteiger partial charge in [0.1, 0.15) is 0 Å². The number of hydrogen-bond donors (Lipinski definition) is 1. The normalized spacial score (nSPS) is 15.7. The number of carboxylic acids is 1. The Balaban J connectivity index is 2.38. The zero-order chi connectivity index (χ0) is 12.4. The lowest BCUT2D eigenvalue weighted by atomic mass is 10.1. The maximum Gasteiger partial charge on any atom is 0.337 e. The molecule has 1 fully saturated rings. The summed E-state index contributed by atoms with van der Waals surface area (Å²) < 4.78 is 5.20. The van der Waals surface area contributed by atoms with Crippen LogP contribution >= 0.6 is 0 Å². The van der Waals surface area contributed by atoms with E-state index in [0.29, 0.717) is 18.8 Å². The molecule has 2 rings (SSSR count). The second-order valence-electron chi connectivity index (χ2n) is 4.51. The molecule has 1 N–H and O–H groups in total. The average Bonchev–Trinajstić information content (AvgIpc) is 2.22. The van der Waals surface area contributed by atoms with E-state index in [9.17, 15) is 9.90 Å². The van der Waals surface area contributed by atoms with Gasteiger partial charge in [0.25, 0.3) is 0 Å². The van der Waals surface area contributed by atoms with Crippen LogP contribution in [0.4, 0.5) is 5.69 Å². The quantitative estimate of drug-likeness (QED) is 0.867. The van der Waals surface area contributed by atoms with E-state index in [-0.39, 0.29) is 12.1 Å². The van der Waals surface area contributed by atoms with Crippen LogP contribution in [0.1, 0.15) is 24.2 Å². The third-order valence-electron chi connectivity index (χ3n) is 2.98. The summed E-state index contributed by atoms with van der Waals surface area (Å²) in [6.07, 6.45) is 0. The van der Waals surface area contributed by atoms with Crippen molar-refractivity contribution in [3.63, 3.8) is 0 Å². The first-order chi connectivity index (χ1) is 8.11. The van der Waals surface area contributed by atoms with Gasteiger partial charge in [-0.1, -0.05) is 12.1 Å². The van der Waals surface area contributed by atoms with Gasteiger partial charge in [0, 0.05) is 6.04 Å². The van der Waals surface area contributed by atoms with Crippen LogP contribution in [-0.2, 0) is 4.74 Å². The maximum absolute atomic E-state index is 11.2. The highest BCUT2D eigenvalue weighted by molar-refractivity contribution is 5.94. The van der Waals surface area contributed by atoms with Crippen LogP contribution < -0.4 is 4.90 Å². The molecule has 4 nitrogen and oxygen atoms in total. The lowest BCUT2D eigenvalue weighted by Gasteiger charge is -2.42. The first-order valence-electron chi connectivity index (χ1n) is 5.79. The molecule has 0 saturated carbocycles. The van der Waals surface area contributed by atoms with Crippen molar-refractivity contribution in [2.75, 3.05) is 18.1 Å². The minimum absolute atomic E-state index is 0.254. The molecule has 1 heterocycles. The van der Waals surface area contributed by atoms with Crippen molar-refractivity contribution in [2.45, 2.75) is 25.9 Å². The largest absolute Gasteiger partial charge is 0.478 e. The molecule has 1 aliphatic rings. The van der Waals surface area contributed by atoms with Crippen molar-refractivity contribution in [2.24, 2.45) is 0 Å². The Bertz CT molecular complexity index is 413. The number of anilines is 1. The summed E-state index contributed by atoms with van der Waals surface area (Å²) in [6.45, 7) is 5.48. The lowest BCUT2D eigenvalue weighted by molar-refractivity contribution is 0.00567. The fourth-order valence-corrected chi connectivity index (χ4v) is 2.16. The number of ether oxygens (including phenoxy) is 1. The Morgan fingerprint density at radius 1 is 1.41 bits per heavy atom. The van der Waals surface area contributed by atoms with E-state index in [1.807, 2.05) is 12.1 Å². The Morgan fingerprint density at radius 2 is 2.06 bits per heavy atom. The minimum Gasteiger partial charge on any atom is -0.478 e. The summed E-state index contributed by atoms with van der Waals surface area (Å²) in [5.41, 5.74) is 1.14. The molecule has 0 aromatic heterocycles. The van der Waals surface area contributed by atoms with Crippen molar-refractivity contribution in [1.29, 1.82) is 0 Å². The first-order valence-corrected chi connectivity index (χ1v) is 5.79. The highest BCUT2D eigenvalue weighted by Gasteiger charge is 2.30. The van der Waals surface area contributed by atoms with Crippen LogP contribution in [0.2, 0.25) is 0 Å². The third kappa shape index (κ3) is 2.26. The van der Waals surface area contributed by atoms with Gasteiger partial charge in [-0.25, -0.2) is 4.79 Å². The molecular formula is C13H17NO3. The van der Waals surface area contributed by atoms with Crippen molar-refractivity contribution in [1.82, 2.24) is 0 Å². The molecule has 1 saturated heterocycles. The van der Waals surface area contributed by atoms with Gasteiger partial charge < -0.3 is 14.7 Å². The van der Waals surface area contributed by atoms with Gasteiger partial charge in [-0.2, -0.15) is 0 Å². The van der Waals surface area contributed by atoms with Gasteiger partial charge in [0.15, 0.2) is 0 Å². The van der Waals surface area contributed by atoms with Crippen molar-refractivity contribution < 1.29 is 14.6 Å². The van der Waals surface area contributed by atoms with E-state index in [2.05, 4.69) is 18.7 Å². The van der Waals surface area contributed by atoms with Gasteiger partial charge in [-0.3, -0.25) is 0 Å². The van der Waals surface area contributed by atoms with Crippen LogP contribution in [0.3, 0.4) is 0 Å². The average molecular weight is 235 g/mol. The molecule has 1 aliphatic heterocycles. The molecule has 0 atom stereocenters. The topological polar surface area (TPSA) is 49.8 Å². The van der Waals surface area contributed by atoms with Crippen LogP contribution in [0.15, 0.2) is 24.3 Å². The number of nitrogens with zero attached hydrogens (tertiary/aromatic N) is 1. The molecule has 0 aliphatic carbocycles. The first kappa shape index (κ1) is 11.9. The van der Waals surface area contributed by atoms with Gasteiger partial charge in [0.05, 0.1) is 30.5 Å². The summed E-state index contributed by atoms with van der Waals surface area (Å²) in [4.78, 5) is 13.4. The zero-order valence-corrected chi connectivity index (χ0v) is 10.1. The van der Waals surface area contributed by atoms with Crippen LogP contribution in [-0.4, -0.2) is 36.4 Å². The third-order valence-corrected chi connectivity index (χ3v) is 2.98. The SMILES string of the molecule is CC(C)N(c1ccccc1C(=O)O)C1COC1. The van der Waals surface area contributed by atoms with E-state index < -0.39 is 5.97 Å². The molecule has 0 radical (unpaired) electrons.